The highest BCUT2D eigenvalue weighted by Gasteiger charge is 2.45. The Balaban J connectivity index is 1.84. The van der Waals surface area contributed by atoms with Crippen LogP contribution in [-0.4, -0.2) is 19.8 Å². The molecule has 0 spiro atoms. The molecule has 0 aromatic heterocycles. The fourth-order valence-corrected chi connectivity index (χ4v) is 18.7. The zero-order valence-electron chi connectivity index (χ0n) is 81.1. The third kappa shape index (κ3) is 25.0. The summed E-state index contributed by atoms with van der Waals surface area (Å²) in [5.41, 5.74) is 21.3. The van der Waals surface area contributed by atoms with Crippen molar-refractivity contribution in [3.8, 4) is 0 Å². The lowest BCUT2D eigenvalue weighted by atomic mass is 9.66. The first kappa shape index (κ1) is 98.7. The molecule has 0 saturated carbocycles. The Labute approximate surface area is 711 Å². The first-order valence-corrected chi connectivity index (χ1v) is 46.1. The molecule has 0 fully saturated rings. The molecule has 3 atom stereocenters. The summed E-state index contributed by atoms with van der Waals surface area (Å²) in [6, 6.07) is 44.8. The number of benzene rings is 6. The van der Waals surface area contributed by atoms with Crippen molar-refractivity contribution in [2.75, 3.05) is 19.8 Å². The number of hydrogen-bond donors (Lipinski definition) is 0. The highest BCUT2D eigenvalue weighted by atomic mass is 31.2. The average molecular weight is 1580 g/mol. The van der Waals surface area contributed by atoms with Crippen molar-refractivity contribution in [1.82, 2.24) is 0 Å². The van der Waals surface area contributed by atoms with Crippen molar-refractivity contribution in [3.05, 3.63) is 247 Å². The number of hydrogen-bond acceptors (Lipinski definition) is 3. The molecule has 0 heterocycles. The average Bonchev–Trinajstić information content (AvgIpc) is 0.762. The zero-order valence-corrected chi connectivity index (χ0v) is 82.0. The molecule has 4 heteroatoms. The summed E-state index contributed by atoms with van der Waals surface area (Å²) in [6.45, 7) is 101. The predicted molar refractivity (Wildman–Crippen MR) is 510 cm³/mol. The molecule has 3 nitrogen and oxygen atoms in total. The van der Waals surface area contributed by atoms with E-state index in [-0.39, 0.29) is 65.0 Å². The van der Waals surface area contributed by atoms with Gasteiger partial charge in [0.25, 0.3) is 0 Å². The molecule has 115 heavy (non-hydrogen) atoms. The van der Waals surface area contributed by atoms with Crippen molar-refractivity contribution >= 4 is 8.60 Å². The number of aryl methyl sites for hydroxylation is 3. The van der Waals surface area contributed by atoms with E-state index in [0.29, 0.717) is 19.8 Å². The SMILES string of the molecule is C=CC(C)(C)c1cc(C(C)(C)C)ccc1C(CCCC)(CCc1ccc(C(C)(C)C)cc1C(C)(C)C)COP(OCC(CCCC)(CCc1ccc(C(C)(C)C)cc1C(C)(C)C)c1ccc(C(C)(C)C)cc1C(C)(C)C=C)OCC(CCCC)(CCc1ccc(C(C)(C)C)cc1C(C)(C)C)c1ccc(C(C)(C)C)cc1C(C)(C)C=C. The van der Waals surface area contributed by atoms with Crippen molar-refractivity contribution in [1.29, 1.82) is 0 Å². The second-order valence-corrected chi connectivity index (χ2v) is 47.8. The summed E-state index contributed by atoms with van der Waals surface area (Å²) in [6.07, 6.45) is 20.7. The summed E-state index contributed by atoms with van der Waals surface area (Å²) < 4.78 is 25.0. The van der Waals surface area contributed by atoms with Crippen LogP contribution in [0.2, 0.25) is 0 Å². The van der Waals surface area contributed by atoms with Gasteiger partial charge in [-0.3, -0.25) is 0 Å². The Morgan fingerprint density at radius 3 is 0.609 bits per heavy atom. The van der Waals surface area contributed by atoms with Crippen LogP contribution in [0, 0.1) is 0 Å². The smallest absolute Gasteiger partial charge is 0.311 e. The summed E-state index contributed by atoms with van der Waals surface area (Å²) in [4.78, 5) is 0. The monoisotopic (exact) mass is 1580 g/mol. The molecule has 0 bridgehead atoms. The second-order valence-electron chi connectivity index (χ2n) is 46.6. The molecule has 0 amide bonds. The minimum atomic E-state index is -2.15. The van der Waals surface area contributed by atoms with Crippen LogP contribution < -0.4 is 0 Å². The van der Waals surface area contributed by atoms with Crippen LogP contribution in [0.15, 0.2) is 147 Å². The number of rotatable bonds is 36. The molecule has 0 radical (unpaired) electrons. The number of allylic oxidation sites excluding steroid dienone is 3. The molecule has 3 unspecified atom stereocenters. The van der Waals surface area contributed by atoms with Gasteiger partial charge in [-0.15, -0.1) is 19.7 Å². The van der Waals surface area contributed by atoms with Crippen LogP contribution in [0.3, 0.4) is 0 Å². The fraction of sp³-hybridized carbons (Fsp3) is 0.622. The van der Waals surface area contributed by atoms with Gasteiger partial charge in [0.15, 0.2) is 0 Å². The minimum Gasteiger partial charge on any atom is -0.311 e. The molecule has 0 aliphatic heterocycles. The predicted octanol–water partition coefficient (Wildman–Crippen LogP) is 32.6. The Kier molecular flexibility index (Phi) is 32.1. The van der Waals surface area contributed by atoms with E-state index in [9.17, 15) is 0 Å². The molecular weight excluding hydrogens is 1410 g/mol. The van der Waals surface area contributed by atoms with E-state index in [1.165, 1.54) is 100 Å². The third-order valence-corrected chi connectivity index (χ3v) is 27.3. The lowest BCUT2D eigenvalue weighted by molar-refractivity contribution is 0.0829. The molecule has 638 valence electrons. The van der Waals surface area contributed by atoms with E-state index in [4.69, 9.17) is 13.6 Å². The van der Waals surface area contributed by atoms with E-state index >= 15 is 0 Å². The highest BCUT2D eigenvalue weighted by Crippen LogP contribution is 2.55. The molecule has 0 saturated heterocycles. The van der Waals surface area contributed by atoms with Crippen molar-refractivity contribution in [3.63, 3.8) is 0 Å². The van der Waals surface area contributed by atoms with Gasteiger partial charge in [-0.25, -0.2) is 0 Å². The molecule has 0 N–H and O–H groups in total. The van der Waals surface area contributed by atoms with Gasteiger partial charge in [0.1, 0.15) is 0 Å². The van der Waals surface area contributed by atoms with Crippen LogP contribution in [0.4, 0.5) is 0 Å². The quantitative estimate of drug-likeness (QED) is 0.0290. The minimum absolute atomic E-state index is 0.00457. The highest BCUT2D eigenvalue weighted by molar-refractivity contribution is 7.41. The van der Waals surface area contributed by atoms with Crippen LogP contribution >= 0.6 is 8.60 Å². The third-order valence-electron chi connectivity index (χ3n) is 26.3. The molecular formula is C111H171O3P. The molecule has 6 rings (SSSR count). The first-order chi connectivity index (χ1) is 52.6. The maximum absolute atomic E-state index is 8.35. The van der Waals surface area contributed by atoms with Crippen LogP contribution in [0.25, 0.3) is 0 Å². The zero-order chi connectivity index (χ0) is 87.2. The van der Waals surface area contributed by atoms with Gasteiger partial charge in [-0.1, -0.05) is 415 Å². The normalized spacial score (nSPS) is 15.4. The topological polar surface area (TPSA) is 27.7 Å². The Morgan fingerprint density at radius 2 is 0.435 bits per heavy atom. The van der Waals surface area contributed by atoms with Gasteiger partial charge in [-0.05, 0) is 207 Å². The second kappa shape index (κ2) is 37.5. The summed E-state index contributed by atoms with van der Waals surface area (Å²) in [7, 11) is -2.15. The van der Waals surface area contributed by atoms with E-state index in [0.717, 1.165) is 96.3 Å². The van der Waals surface area contributed by atoms with Gasteiger partial charge in [0.05, 0.1) is 19.8 Å². The van der Waals surface area contributed by atoms with Crippen LogP contribution in [-0.2, 0) is 114 Å². The number of unbranched alkanes of at least 4 members (excludes halogenated alkanes) is 3. The largest absolute Gasteiger partial charge is 0.332 e. The Bertz CT molecular complexity index is 3780. The van der Waals surface area contributed by atoms with Gasteiger partial charge >= 0.3 is 8.60 Å². The lowest BCUT2D eigenvalue weighted by Crippen LogP contribution is -2.38. The van der Waals surface area contributed by atoms with Crippen molar-refractivity contribution in [2.45, 2.75) is 427 Å². The van der Waals surface area contributed by atoms with Gasteiger partial charge < -0.3 is 13.6 Å². The standard InChI is InChI=1S/C111H171O3P/c1-40-46-64-109(88-58-55-85(100(16,17)18)73-94(88)106(34,35)43-4,67-61-79-49-52-82(97(7,8)9)70-91(79)103(25,26)27)76-112-115(113-77-110(65-47-41-2,89-59-56-86(101(19,20)21)74-95(89)107(36,37)44-5)68-62-80-50-53-83(98(10,11)12)71-92(80)104(28,29)30)114-78-111(66-48-42-3,90-60-57-87(102(22,23)24)75-96(90)108(38,39)45-6)69-63-81-51-54-84(99(13,14)15)72-93(81)105(31,32)33/h43-45,49-60,70-75H,4-6,40-42,46-48,61-69,76-78H2,1-3,7-39H3. The van der Waals surface area contributed by atoms with Gasteiger partial charge in [-0.2, -0.15) is 0 Å². The molecule has 0 aliphatic rings. The summed E-state index contributed by atoms with van der Waals surface area (Å²) in [5.74, 6) is 0. The maximum Gasteiger partial charge on any atom is 0.332 e. The van der Waals surface area contributed by atoms with Crippen LogP contribution in [0.1, 0.15) is 426 Å². The van der Waals surface area contributed by atoms with Gasteiger partial charge in [0, 0.05) is 32.5 Å². The van der Waals surface area contributed by atoms with E-state index < -0.39 is 24.8 Å². The Morgan fingerprint density at radius 1 is 0.243 bits per heavy atom. The summed E-state index contributed by atoms with van der Waals surface area (Å²) in [5, 5.41) is 0. The fourth-order valence-electron chi connectivity index (χ4n) is 17.4. The van der Waals surface area contributed by atoms with Gasteiger partial charge in [0.2, 0.25) is 0 Å². The van der Waals surface area contributed by atoms with E-state index in [1.54, 1.807) is 0 Å². The summed E-state index contributed by atoms with van der Waals surface area (Å²) >= 11 is 0. The van der Waals surface area contributed by atoms with Crippen molar-refractivity contribution < 1.29 is 13.6 Å². The maximum atomic E-state index is 8.35. The van der Waals surface area contributed by atoms with Crippen molar-refractivity contribution in [2.24, 2.45) is 0 Å². The lowest BCUT2D eigenvalue weighted by Gasteiger charge is -2.43. The van der Waals surface area contributed by atoms with E-state index in [2.05, 4.69) is 396 Å². The molecule has 6 aromatic rings. The Hall–Kier alpha value is -5.15. The van der Waals surface area contributed by atoms with E-state index in [1.807, 2.05) is 0 Å². The first-order valence-electron chi connectivity index (χ1n) is 45.0. The van der Waals surface area contributed by atoms with Crippen LogP contribution in [0.5, 0.6) is 0 Å². The molecule has 0 aliphatic carbocycles. The molecule has 6 aromatic carbocycles.